The normalized spacial score (nSPS) is 28.7. The Bertz CT molecular complexity index is 1000. The lowest BCUT2D eigenvalue weighted by Crippen LogP contribution is -2.66. The number of carbonyl (C=O) groups is 3. The van der Waals surface area contributed by atoms with Crippen molar-refractivity contribution in [3.8, 4) is 5.88 Å². The van der Waals surface area contributed by atoms with Crippen molar-refractivity contribution in [3.63, 3.8) is 0 Å². The molecule has 4 N–H and O–H groups in total. The lowest BCUT2D eigenvalue weighted by atomic mass is 9.51. The highest BCUT2D eigenvalue weighted by molar-refractivity contribution is 5.96. The van der Waals surface area contributed by atoms with Gasteiger partial charge in [-0.3, -0.25) is 9.59 Å². The summed E-state index contributed by atoms with van der Waals surface area (Å²) in [6, 6.07) is 0. The second-order valence-electron chi connectivity index (χ2n) is 12.4. The van der Waals surface area contributed by atoms with E-state index in [2.05, 4.69) is 15.7 Å². The van der Waals surface area contributed by atoms with E-state index in [0.717, 1.165) is 32.1 Å². The summed E-state index contributed by atoms with van der Waals surface area (Å²) in [5, 5.41) is 10.7. The third-order valence-electron chi connectivity index (χ3n) is 7.76. The molecular formula is C26H41N5O5. The van der Waals surface area contributed by atoms with Gasteiger partial charge in [0, 0.05) is 31.0 Å². The van der Waals surface area contributed by atoms with Gasteiger partial charge in [0.25, 0.3) is 5.91 Å². The molecule has 0 radical (unpaired) electrons. The number of hydrogen-bond acceptors (Lipinski definition) is 6. The van der Waals surface area contributed by atoms with Crippen molar-refractivity contribution in [1.29, 1.82) is 0 Å². The van der Waals surface area contributed by atoms with Crippen LogP contribution in [0.1, 0.15) is 89.9 Å². The van der Waals surface area contributed by atoms with Gasteiger partial charge >= 0.3 is 6.09 Å². The molecule has 4 aliphatic rings. The first-order valence-electron chi connectivity index (χ1n) is 13.1. The number of nitrogens with zero attached hydrogens (tertiary/aromatic N) is 2. The number of primary amides is 1. The minimum atomic E-state index is -0.744. The third-order valence-corrected chi connectivity index (χ3v) is 7.76. The molecule has 0 aliphatic heterocycles. The molecule has 4 fully saturated rings. The first-order chi connectivity index (χ1) is 16.8. The smallest absolute Gasteiger partial charge is 0.405 e. The van der Waals surface area contributed by atoms with Gasteiger partial charge in [-0.1, -0.05) is 13.8 Å². The largest absolute Gasteiger partial charge is 0.477 e. The Balaban J connectivity index is 1.53. The Labute approximate surface area is 213 Å². The number of rotatable bonds is 10. The summed E-state index contributed by atoms with van der Waals surface area (Å²) in [4.78, 5) is 36.9. The molecule has 4 bridgehead atoms. The maximum atomic E-state index is 13.6. The quantitative estimate of drug-likeness (QED) is 0.448. The fourth-order valence-corrected chi connectivity index (χ4v) is 6.98. The van der Waals surface area contributed by atoms with E-state index < -0.39 is 22.8 Å². The SMILES string of the molecule is CC(=O)NC(C)(C)CCn1ncc(C(=O)NC23CC4CC(C2)CC(OC(N)=O)(C4)C3)c1OCC(C)C. The number of carbonyl (C=O) groups excluding carboxylic acids is 3. The Morgan fingerprint density at radius 3 is 2.47 bits per heavy atom. The van der Waals surface area contributed by atoms with Crippen LogP contribution in [0.3, 0.4) is 0 Å². The standard InChI is InChI=1S/C26H41N5O5/c1-16(2)14-35-22-20(13-28-31(22)7-6-24(4,5)29-17(3)32)21(33)30-25-9-18-8-19(10-25)12-26(11-18,15-25)36-23(27)34/h13,16,18-19H,6-12,14-15H2,1-5H3,(H2,27,34)(H,29,32)(H,30,33). The first kappa shape index (κ1) is 26.3. The summed E-state index contributed by atoms with van der Waals surface area (Å²) in [5.74, 6) is 1.20. The Morgan fingerprint density at radius 2 is 1.89 bits per heavy atom. The number of nitrogens with two attached hydrogens (primary N) is 1. The lowest BCUT2D eigenvalue weighted by Gasteiger charge is -2.61. The van der Waals surface area contributed by atoms with E-state index in [1.54, 1.807) is 10.9 Å². The van der Waals surface area contributed by atoms with Crippen molar-refractivity contribution >= 4 is 17.9 Å². The molecule has 0 aromatic carbocycles. The van der Waals surface area contributed by atoms with Gasteiger partial charge in [-0.25, -0.2) is 9.48 Å². The van der Waals surface area contributed by atoms with Gasteiger partial charge in [0.1, 0.15) is 11.2 Å². The predicted octanol–water partition coefficient (Wildman–Crippen LogP) is 3.14. The van der Waals surface area contributed by atoms with Crippen LogP contribution >= 0.6 is 0 Å². The van der Waals surface area contributed by atoms with Gasteiger partial charge in [0.2, 0.25) is 11.8 Å². The summed E-state index contributed by atoms with van der Waals surface area (Å²) in [6.07, 6.45) is 6.51. The zero-order chi connectivity index (χ0) is 26.3. The van der Waals surface area contributed by atoms with E-state index >= 15 is 0 Å². The Hall–Kier alpha value is -2.78. The van der Waals surface area contributed by atoms with E-state index in [1.807, 2.05) is 27.7 Å². The highest BCUT2D eigenvalue weighted by Crippen LogP contribution is 2.59. The molecule has 200 valence electrons. The monoisotopic (exact) mass is 503 g/mol. The molecule has 0 saturated heterocycles. The second kappa shape index (κ2) is 9.59. The number of aryl methyl sites for hydroxylation is 1. The molecule has 1 aromatic rings. The highest BCUT2D eigenvalue weighted by atomic mass is 16.6. The minimum Gasteiger partial charge on any atom is -0.477 e. The molecule has 4 aliphatic carbocycles. The zero-order valence-electron chi connectivity index (χ0n) is 22.2. The van der Waals surface area contributed by atoms with Gasteiger partial charge in [-0.15, -0.1) is 0 Å². The molecule has 0 spiro atoms. The minimum absolute atomic E-state index is 0.0922. The molecule has 3 amide bonds. The van der Waals surface area contributed by atoms with Gasteiger partial charge in [0.05, 0.1) is 12.8 Å². The molecule has 5 rings (SSSR count). The highest BCUT2D eigenvalue weighted by Gasteiger charge is 2.60. The van der Waals surface area contributed by atoms with E-state index in [0.29, 0.717) is 49.3 Å². The maximum Gasteiger partial charge on any atom is 0.405 e. The van der Waals surface area contributed by atoms with Crippen LogP contribution in [0.5, 0.6) is 5.88 Å². The van der Waals surface area contributed by atoms with Crippen LogP contribution in [0, 0.1) is 17.8 Å². The van der Waals surface area contributed by atoms with Crippen LogP contribution in [-0.4, -0.2) is 51.0 Å². The van der Waals surface area contributed by atoms with Gasteiger partial charge in [0.15, 0.2) is 0 Å². The van der Waals surface area contributed by atoms with Crippen molar-refractivity contribution in [2.24, 2.45) is 23.5 Å². The second-order valence-corrected chi connectivity index (χ2v) is 12.4. The van der Waals surface area contributed by atoms with Crippen molar-refractivity contribution in [2.45, 2.75) is 103 Å². The van der Waals surface area contributed by atoms with Crippen LogP contribution in [0.15, 0.2) is 6.20 Å². The van der Waals surface area contributed by atoms with E-state index in [1.165, 1.54) is 6.92 Å². The van der Waals surface area contributed by atoms with Crippen molar-refractivity contribution in [1.82, 2.24) is 20.4 Å². The number of amides is 3. The predicted molar refractivity (Wildman–Crippen MR) is 133 cm³/mol. The van der Waals surface area contributed by atoms with E-state index in [-0.39, 0.29) is 17.7 Å². The van der Waals surface area contributed by atoms with E-state index in [9.17, 15) is 14.4 Å². The molecule has 10 nitrogen and oxygen atoms in total. The maximum absolute atomic E-state index is 13.6. The molecule has 10 heteroatoms. The zero-order valence-corrected chi connectivity index (χ0v) is 22.2. The first-order valence-corrected chi connectivity index (χ1v) is 13.1. The Kier molecular flexibility index (Phi) is 7.00. The van der Waals surface area contributed by atoms with Crippen LogP contribution < -0.4 is 21.1 Å². The third kappa shape index (κ3) is 5.78. The van der Waals surface area contributed by atoms with Gasteiger partial charge in [-0.2, -0.15) is 5.10 Å². The molecule has 1 heterocycles. The number of aromatic nitrogens is 2. The van der Waals surface area contributed by atoms with Crippen molar-refractivity contribution in [3.05, 3.63) is 11.8 Å². The Morgan fingerprint density at radius 1 is 1.22 bits per heavy atom. The molecule has 2 unspecified atom stereocenters. The number of hydrogen-bond donors (Lipinski definition) is 3. The lowest BCUT2D eigenvalue weighted by molar-refractivity contribution is -0.139. The van der Waals surface area contributed by atoms with Crippen LogP contribution in [0.25, 0.3) is 0 Å². The van der Waals surface area contributed by atoms with Gasteiger partial charge < -0.3 is 25.8 Å². The molecule has 36 heavy (non-hydrogen) atoms. The summed E-state index contributed by atoms with van der Waals surface area (Å²) in [7, 11) is 0. The van der Waals surface area contributed by atoms with Crippen molar-refractivity contribution in [2.75, 3.05) is 6.61 Å². The fraction of sp³-hybridized carbons (Fsp3) is 0.769. The number of ether oxygens (including phenoxy) is 2. The average molecular weight is 504 g/mol. The van der Waals surface area contributed by atoms with Crippen molar-refractivity contribution < 1.29 is 23.9 Å². The van der Waals surface area contributed by atoms with E-state index in [4.69, 9.17) is 15.2 Å². The summed E-state index contributed by atoms with van der Waals surface area (Å²) >= 11 is 0. The van der Waals surface area contributed by atoms with Crippen LogP contribution in [0.2, 0.25) is 0 Å². The van der Waals surface area contributed by atoms with Crippen LogP contribution in [0.4, 0.5) is 4.79 Å². The summed E-state index contributed by atoms with van der Waals surface area (Å²) < 4.78 is 13.5. The summed E-state index contributed by atoms with van der Waals surface area (Å²) in [5.41, 5.74) is 4.37. The summed E-state index contributed by atoms with van der Waals surface area (Å²) in [6.45, 7) is 10.4. The number of nitrogens with one attached hydrogen (secondary N) is 2. The average Bonchev–Trinajstić information content (AvgIpc) is 3.10. The molecular weight excluding hydrogens is 462 g/mol. The fourth-order valence-electron chi connectivity index (χ4n) is 6.98. The van der Waals surface area contributed by atoms with Gasteiger partial charge in [-0.05, 0) is 70.1 Å². The molecule has 2 atom stereocenters. The molecule has 1 aromatic heterocycles. The van der Waals surface area contributed by atoms with Crippen LogP contribution in [-0.2, 0) is 16.1 Å². The molecule has 4 saturated carbocycles. The topological polar surface area (TPSA) is 138 Å².